The normalized spacial score (nSPS) is 0. The molecular formula is C2H8OVWY-2. The van der Waals surface area contributed by atoms with Gasteiger partial charge in [0.05, 0.1) is 0 Å². The van der Waals surface area contributed by atoms with E-state index in [1.807, 2.05) is 0 Å². The van der Waals surface area contributed by atoms with Crippen LogP contribution in [0.25, 0.3) is 0 Å². The summed E-state index contributed by atoms with van der Waals surface area (Å²) in [5, 5.41) is 0. The Labute approximate surface area is 91.4 Å². The Kier molecular flexibility index (Phi) is 739. The zero-order valence-electron chi connectivity index (χ0n) is 3.93. The average molecular weight is 372 g/mol. The second kappa shape index (κ2) is 54.0. The molecule has 0 aromatic rings. The molecule has 0 aliphatic carbocycles. The van der Waals surface area contributed by atoms with Gasteiger partial charge >= 0.3 is 0 Å². The summed E-state index contributed by atoms with van der Waals surface area (Å²) in [6.45, 7) is 0. The van der Waals surface area contributed by atoms with Crippen molar-refractivity contribution in [1.29, 1.82) is 0 Å². The van der Waals surface area contributed by atoms with E-state index in [4.69, 9.17) is 0 Å². The summed E-state index contributed by atoms with van der Waals surface area (Å²) in [4.78, 5) is 0. The number of hydrogen-bond donors (Lipinski definition) is 0. The third kappa shape index (κ3) is 33.1. The molecule has 1 nitrogen and oxygen atoms in total. The molecule has 0 atom stereocenters. The van der Waals surface area contributed by atoms with E-state index in [-0.39, 0.29) is 92.7 Å². The van der Waals surface area contributed by atoms with E-state index in [2.05, 4.69) is 0 Å². The monoisotopic (exact) mass is 372 g/mol. The van der Waals surface area contributed by atoms with E-state index < -0.39 is 0 Å². The van der Waals surface area contributed by atoms with Gasteiger partial charge in [-0.25, -0.2) is 0 Å². The Morgan fingerprint density at radius 3 is 0.833 bits per heavy atom. The fourth-order valence-electron chi connectivity index (χ4n) is 0. The summed E-state index contributed by atoms with van der Waals surface area (Å²) in [5.41, 5.74) is 0. The third-order valence-corrected chi connectivity index (χ3v) is 0. The Bertz CT molecular complexity index is 13.5. The molecule has 0 spiro atoms. The molecule has 0 aromatic carbocycles. The van der Waals surface area contributed by atoms with Crippen LogP contribution in [0.2, 0.25) is 0 Å². The first-order valence-corrected chi connectivity index (χ1v) is 0. The first-order chi connectivity index (χ1) is 0. The molecule has 0 rings (SSSR count). The van der Waals surface area contributed by atoms with Gasteiger partial charge in [0.2, 0.25) is 0 Å². The fraction of sp³-hybridized carbons (Fsp3) is 0. The molecule has 0 unspecified atom stereocenters. The molecule has 2 N–H and O–H groups in total. The van der Waals surface area contributed by atoms with Crippen molar-refractivity contribution in [3.63, 3.8) is 0 Å². The largest absolute Gasteiger partial charge is 0.412 e. The SMILES string of the molecule is O.[CH3-].[CH3-].[V].[W].[Y]. The third-order valence-electron chi connectivity index (χ3n) is 0. The summed E-state index contributed by atoms with van der Waals surface area (Å²) in [6.07, 6.45) is 0. The molecule has 0 saturated carbocycles. The summed E-state index contributed by atoms with van der Waals surface area (Å²) < 4.78 is 0. The van der Waals surface area contributed by atoms with Crippen molar-refractivity contribution in [2.75, 3.05) is 0 Å². The zero-order chi connectivity index (χ0) is 0. The quantitative estimate of drug-likeness (QED) is 0.540. The molecule has 0 aliphatic heterocycles. The molecule has 4 heteroatoms. The molecular weight excluding hydrogens is 364 g/mol. The standard InChI is InChI=1S/2CH3.H2O.V.W.Y/h2*1H3;1H2;;;/q2*-1;;;;. The van der Waals surface area contributed by atoms with E-state index in [1.165, 1.54) is 0 Å². The van der Waals surface area contributed by atoms with Crippen LogP contribution in [0.15, 0.2) is 0 Å². The van der Waals surface area contributed by atoms with Gasteiger partial charge in [-0.05, 0) is 0 Å². The van der Waals surface area contributed by atoms with Crippen molar-refractivity contribution in [2.45, 2.75) is 0 Å². The van der Waals surface area contributed by atoms with Crippen LogP contribution in [0.4, 0.5) is 0 Å². The molecule has 0 bridgehead atoms. The van der Waals surface area contributed by atoms with Crippen molar-refractivity contribution in [3.8, 4) is 0 Å². The van der Waals surface area contributed by atoms with Crippen molar-refractivity contribution in [1.82, 2.24) is 0 Å². The van der Waals surface area contributed by atoms with Gasteiger partial charge in [-0.15, -0.1) is 0 Å². The van der Waals surface area contributed by atoms with E-state index >= 15 is 0 Å². The Balaban J connectivity index is 0. The van der Waals surface area contributed by atoms with Crippen LogP contribution in [-0.2, 0) is 72.3 Å². The van der Waals surface area contributed by atoms with Crippen LogP contribution < -0.4 is 0 Å². The summed E-state index contributed by atoms with van der Waals surface area (Å²) in [6, 6.07) is 0. The van der Waals surface area contributed by atoms with Crippen LogP contribution in [0.1, 0.15) is 0 Å². The second-order valence-corrected chi connectivity index (χ2v) is 0. The minimum Gasteiger partial charge on any atom is -0.412 e. The number of hydrogen-bond acceptors (Lipinski definition) is 0. The van der Waals surface area contributed by atoms with Gasteiger partial charge < -0.3 is 20.3 Å². The molecule has 0 heterocycles. The van der Waals surface area contributed by atoms with Crippen molar-refractivity contribution >= 4 is 0 Å². The zero-order valence-corrected chi connectivity index (χ0v) is 11.1. The maximum absolute atomic E-state index is 0. The molecule has 0 fully saturated rings. The molecule has 0 saturated heterocycles. The predicted octanol–water partition coefficient (Wildman–Crippen LogP) is 0.0684. The molecule has 6 heavy (non-hydrogen) atoms. The first-order valence-electron chi connectivity index (χ1n) is 0. The van der Waals surface area contributed by atoms with Gasteiger partial charge in [0.15, 0.2) is 0 Å². The van der Waals surface area contributed by atoms with Crippen LogP contribution in [0.3, 0.4) is 0 Å². The first kappa shape index (κ1) is 82.2. The average Bonchev–Trinajstić information content (AvgIpc) is 0. The van der Waals surface area contributed by atoms with Gasteiger partial charge in [0.1, 0.15) is 0 Å². The van der Waals surface area contributed by atoms with Crippen molar-refractivity contribution in [2.24, 2.45) is 0 Å². The van der Waals surface area contributed by atoms with E-state index in [9.17, 15) is 0 Å². The topological polar surface area (TPSA) is 31.5 Å². The maximum atomic E-state index is 0. The van der Waals surface area contributed by atoms with E-state index in [0.29, 0.717) is 0 Å². The molecule has 0 aromatic heterocycles. The van der Waals surface area contributed by atoms with Crippen LogP contribution in [0, 0.1) is 14.9 Å². The Morgan fingerprint density at radius 1 is 0.833 bits per heavy atom. The second-order valence-electron chi connectivity index (χ2n) is 0. The van der Waals surface area contributed by atoms with Gasteiger partial charge in [-0.3, -0.25) is 0 Å². The van der Waals surface area contributed by atoms with Gasteiger partial charge in [-0.2, -0.15) is 0 Å². The van der Waals surface area contributed by atoms with Crippen molar-refractivity contribution < 1.29 is 77.8 Å². The molecule has 2 radical (unpaired) electrons. The van der Waals surface area contributed by atoms with Crippen LogP contribution in [-0.4, -0.2) is 5.48 Å². The summed E-state index contributed by atoms with van der Waals surface area (Å²) >= 11 is 0. The molecule has 0 amide bonds. The smallest absolute Gasteiger partial charge is 0 e. The maximum Gasteiger partial charge on any atom is 0 e. The minimum absolute atomic E-state index is 0. The van der Waals surface area contributed by atoms with Crippen LogP contribution in [0.5, 0.6) is 0 Å². The van der Waals surface area contributed by atoms with Gasteiger partial charge in [0.25, 0.3) is 0 Å². The van der Waals surface area contributed by atoms with E-state index in [0.717, 1.165) is 0 Å². The fourth-order valence-corrected chi connectivity index (χ4v) is 0. The van der Waals surface area contributed by atoms with Gasteiger partial charge in [-0.1, -0.05) is 0 Å². The summed E-state index contributed by atoms with van der Waals surface area (Å²) in [5.74, 6) is 0. The predicted molar refractivity (Wildman–Crippen MR) is 16.4 cm³/mol. The summed E-state index contributed by atoms with van der Waals surface area (Å²) in [7, 11) is 0. The molecule has 0 aliphatic rings. The van der Waals surface area contributed by atoms with Gasteiger partial charge in [0, 0.05) is 72.3 Å². The molecule has 38 valence electrons. The Hall–Kier alpha value is 2.34. The number of rotatable bonds is 0. The minimum atomic E-state index is 0. The van der Waals surface area contributed by atoms with Crippen molar-refractivity contribution in [3.05, 3.63) is 14.9 Å². The van der Waals surface area contributed by atoms with Crippen LogP contribution >= 0.6 is 0 Å². The van der Waals surface area contributed by atoms with E-state index in [1.54, 1.807) is 0 Å². The Morgan fingerprint density at radius 2 is 0.833 bits per heavy atom.